The Kier molecular flexibility index (Phi) is 10.9. The quantitative estimate of drug-likeness (QED) is 0.0969. The number of allylic oxidation sites excluding steroid dienone is 7. The fourth-order valence-electron chi connectivity index (χ4n) is 6.77. The first-order chi connectivity index (χ1) is 28.9. The highest BCUT2D eigenvalue weighted by Crippen LogP contribution is 2.45. The van der Waals surface area contributed by atoms with E-state index in [-0.39, 0.29) is 45.9 Å². The van der Waals surface area contributed by atoms with Crippen LogP contribution in [0.15, 0.2) is 154 Å². The topological polar surface area (TPSA) is 60.7 Å². The van der Waals surface area contributed by atoms with Crippen LogP contribution in [0.2, 0.25) is 0 Å². The maximum atomic E-state index is 14.0. The zero-order chi connectivity index (χ0) is 45.1. The number of carbonyl (C=O) groups is 1. The van der Waals surface area contributed by atoms with Gasteiger partial charge in [0.05, 0.1) is 45.5 Å². The molecule has 16 heteroatoms. The normalized spacial score (nSPS) is 16.6. The fourth-order valence-corrected chi connectivity index (χ4v) is 6.77. The number of hydrogen-bond donors (Lipinski definition) is 0. The SMILES string of the molecule is C/C(C1=C([O-])/C(=C(\C)c2cc(-c3ccccc3)[o+]c(-c3cc(C(F)(F)F)cc(C(F)(F)F)c3)c2)C1=O)=C1\C=C(c2ccccc2)OC(c2cc(C(F)(F)F)cc(C(F)(F)F)c2)=C1. The molecular formula is C46H26F12O4. The molecule has 5 aromatic rings. The molecule has 0 saturated heterocycles. The molecule has 0 spiro atoms. The number of carbonyl (C=O) groups excluding carboxylic acids is 1. The third kappa shape index (κ3) is 8.67. The number of ether oxygens (including phenoxy) is 1. The summed E-state index contributed by atoms with van der Waals surface area (Å²) in [7, 11) is 0. The van der Waals surface area contributed by atoms with Crippen LogP contribution in [0.3, 0.4) is 0 Å². The molecule has 0 N–H and O–H groups in total. The van der Waals surface area contributed by atoms with Crippen molar-refractivity contribution in [1.29, 1.82) is 0 Å². The zero-order valence-electron chi connectivity index (χ0n) is 31.7. The second-order valence-corrected chi connectivity index (χ2v) is 14.1. The molecule has 62 heavy (non-hydrogen) atoms. The third-order valence-corrected chi connectivity index (χ3v) is 9.97. The van der Waals surface area contributed by atoms with Gasteiger partial charge in [-0.15, -0.1) is 0 Å². The van der Waals surface area contributed by atoms with Gasteiger partial charge in [0.15, 0.2) is 5.78 Å². The van der Waals surface area contributed by atoms with Crippen LogP contribution in [0, 0.1) is 0 Å². The molecule has 2 aliphatic rings. The molecule has 0 radical (unpaired) electrons. The van der Waals surface area contributed by atoms with Crippen molar-refractivity contribution in [3.63, 3.8) is 0 Å². The molecule has 4 nitrogen and oxygen atoms in total. The molecule has 0 saturated carbocycles. The van der Waals surface area contributed by atoms with Gasteiger partial charge in [0.25, 0.3) is 0 Å². The van der Waals surface area contributed by atoms with E-state index < -0.39 is 92.3 Å². The number of hydrogen-bond acceptors (Lipinski definition) is 3. The largest absolute Gasteiger partial charge is 0.871 e. The summed E-state index contributed by atoms with van der Waals surface area (Å²) in [6.45, 7) is 2.66. The highest BCUT2D eigenvalue weighted by molar-refractivity contribution is 6.25. The maximum Gasteiger partial charge on any atom is 0.416 e. The molecule has 0 unspecified atom stereocenters. The second-order valence-electron chi connectivity index (χ2n) is 14.1. The molecule has 2 heterocycles. The van der Waals surface area contributed by atoms with Gasteiger partial charge in [-0.3, -0.25) is 4.79 Å². The molecule has 1 aliphatic carbocycles. The average molecular weight is 871 g/mol. The van der Waals surface area contributed by atoms with E-state index >= 15 is 0 Å². The van der Waals surface area contributed by atoms with Gasteiger partial charge in [-0.2, -0.15) is 52.7 Å². The second kappa shape index (κ2) is 15.6. The van der Waals surface area contributed by atoms with Crippen LogP contribution in [-0.4, -0.2) is 5.78 Å². The predicted octanol–water partition coefficient (Wildman–Crippen LogP) is 13.4. The Morgan fingerprint density at radius 3 is 1.35 bits per heavy atom. The molecule has 7 rings (SSSR count). The Morgan fingerprint density at radius 1 is 0.516 bits per heavy atom. The van der Waals surface area contributed by atoms with Crippen molar-refractivity contribution in [2.75, 3.05) is 0 Å². The van der Waals surface area contributed by atoms with Gasteiger partial charge >= 0.3 is 36.2 Å². The summed E-state index contributed by atoms with van der Waals surface area (Å²) in [4.78, 5) is 14.0. The molecule has 1 aromatic heterocycles. The minimum atomic E-state index is -5.19. The van der Waals surface area contributed by atoms with Crippen molar-refractivity contribution in [3.8, 4) is 22.6 Å². The Labute approximate surface area is 343 Å². The highest BCUT2D eigenvalue weighted by atomic mass is 19.4. The van der Waals surface area contributed by atoms with Crippen molar-refractivity contribution in [2.45, 2.75) is 38.6 Å². The first kappa shape index (κ1) is 43.3. The highest BCUT2D eigenvalue weighted by Gasteiger charge is 2.40. The van der Waals surface area contributed by atoms with E-state index in [0.717, 1.165) is 12.1 Å². The monoisotopic (exact) mass is 870 g/mol. The zero-order valence-corrected chi connectivity index (χ0v) is 31.7. The van der Waals surface area contributed by atoms with Crippen LogP contribution in [-0.2, 0) is 34.2 Å². The van der Waals surface area contributed by atoms with Crippen molar-refractivity contribution in [3.05, 3.63) is 188 Å². The fraction of sp³-hybridized carbons (Fsp3) is 0.130. The Morgan fingerprint density at radius 2 is 0.919 bits per heavy atom. The molecule has 4 aromatic carbocycles. The summed E-state index contributed by atoms with van der Waals surface area (Å²) in [5.41, 5.74) is -7.89. The van der Waals surface area contributed by atoms with Gasteiger partial charge in [-0.05, 0) is 96.8 Å². The van der Waals surface area contributed by atoms with Gasteiger partial charge in [0, 0.05) is 22.3 Å². The number of ketones is 1. The molecule has 0 fully saturated rings. The summed E-state index contributed by atoms with van der Waals surface area (Å²) in [5.74, 6) is -2.74. The Hall–Kier alpha value is -6.84. The average Bonchev–Trinajstić information content (AvgIpc) is 3.22. The molecule has 1 aliphatic heterocycles. The van der Waals surface area contributed by atoms with Gasteiger partial charge in [0.2, 0.25) is 0 Å². The smallest absolute Gasteiger partial charge is 0.416 e. The Balaban J connectivity index is 1.39. The summed E-state index contributed by atoms with van der Waals surface area (Å²) in [6.07, 6.45) is -18.3. The van der Waals surface area contributed by atoms with E-state index in [1.54, 1.807) is 60.7 Å². The van der Waals surface area contributed by atoms with E-state index in [0.29, 0.717) is 35.4 Å². The van der Waals surface area contributed by atoms with Crippen molar-refractivity contribution in [1.82, 2.24) is 0 Å². The van der Waals surface area contributed by atoms with E-state index in [1.807, 2.05) is 0 Å². The third-order valence-electron chi connectivity index (χ3n) is 9.97. The van der Waals surface area contributed by atoms with Crippen LogP contribution in [0.1, 0.15) is 52.8 Å². The van der Waals surface area contributed by atoms with Crippen molar-refractivity contribution in [2.24, 2.45) is 0 Å². The minimum Gasteiger partial charge on any atom is -0.871 e. The van der Waals surface area contributed by atoms with Crippen LogP contribution in [0.5, 0.6) is 0 Å². The number of rotatable bonds is 6. The standard InChI is InChI=1S/C46H26F12O4/c1-23(27-17-35(25-9-5-3-6-10-25)61-37(19-27)29-13-31(43(47,48)49)21-32(14-29)44(50,51)52)39-41(59)40(42(39)60)24(2)28-18-36(26-11-7-4-8-12-26)62-38(20-28)30-15-33(45(53,54)55)22-34(16-30)46(56,57)58/h3-22H,1-2H3. The molecule has 0 amide bonds. The first-order valence-corrected chi connectivity index (χ1v) is 18.1. The lowest BCUT2D eigenvalue weighted by atomic mass is 9.78. The number of Topliss-reactive ketones (excluding diaryl/α,β-unsaturated/α-hetero) is 1. The Bertz CT molecular complexity index is 2720. The van der Waals surface area contributed by atoms with E-state index in [4.69, 9.17) is 9.15 Å². The van der Waals surface area contributed by atoms with Gasteiger partial charge < -0.3 is 9.84 Å². The summed E-state index contributed by atoms with van der Waals surface area (Å²) < 4.78 is 178. The summed E-state index contributed by atoms with van der Waals surface area (Å²) in [5, 5.41) is 14.0. The minimum absolute atomic E-state index is 0.0154. The van der Waals surface area contributed by atoms with E-state index in [1.165, 1.54) is 26.0 Å². The molecule has 0 atom stereocenters. The lowest BCUT2D eigenvalue weighted by Gasteiger charge is -2.33. The molecular weight excluding hydrogens is 844 g/mol. The number of halogens is 12. The first-order valence-electron chi connectivity index (χ1n) is 18.1. The molecule has 0 bridgehead atoms. The number of benzene rings is 4. The van der Waals surface area contributed by atoms with Gasteiger partial charge in [-0.1, -0.05) is 54.3 Å². The van der Waals surface area contributed by atoms with Crippen LogP contribution in [0.25, 0.3) is 39.7 Å². The number of alkyl halides is 12. The van der Waals surface area contributed by atoms with Crippen molar-refractivity contribution < 1.29 is 71.7 Å². The van der Waals surface area contributed by atoms with Crippen LogP contribution >= 0.6 is 0 Å². The van der Waals surface area contributed by atoms with E-state index in [9.17, 15) is 62.6 Å². The van der Waals surface area contributed by atoms with Gasteiger partial charge in [0.1, 0.15) is 11.5 Å². The maximum absolute atomic E-state index is 14.0. The van der Waals surface area contributed by atoms with Crippen LogP contribution < -0.4 is 5.11 Å². The predicted molar refractivity (Wildman–Crippen MR) is 201 cm³/mol. The van der Waals surface area contributed by atoms with Gasteiger partial charge in [-0.25, -0.2) is 4.42 Å². The summed E-state index contributed by atoms with van der Waals surface area (Å²) >= 11 is 0. The lowest BCUT2D eigenvalue weighted by Crippen LogP contribution is -2.31. The van der Waals surface area contributed by atoms with Crippen molar-refractivity contribution >= 4 is 22.9 Å². The lowest BCUT2D eigenvalue weighted by molar-refractivity contribution is -0.300. The summed E-state index contributed by atoms with van der Waals surface area (Å²) in [6, 6.07) is 20.0. The van der Waals surface area contributed by atoms with E-state index in [2.05, 4.69) is 0 Å². The molecule has 318 valence electrons. The van der Waals surface area contributed by atoms with Crippen LogP contribution in [0.4, 0.5) is 52.7 Å².